The molecule has 0 saturated heterocycles. The first kappa shape index (κ1) is 41.0. The van der Waals surface area contributed by atoms with Crippen molar-refractivity contribution >= 4 is 57.4 Å². The highest BCUT2D eigenvalue weighted by atomic mass is 16.5. The maximum Gasteiger partial charge on any atom is 0.119 e. The molecule has 0 amide bonds. The zero-order valence-corrected chi connectivity index (χ0v) is 36.0. The number of methoxy groups -OCH3 is 2. The summed E-state index contributed by atoms with van der Waals surface area (Å²) in [5.41, 5.74) is 15.5. The molecule has 0 aromatic heterocycles. The lowest BCUT2D eigenvalue weighted by atomic mass is 9.91. The predicted molar refractivity (Wildman–Crippen MR) is 269 cm³/mol. The Bertz CT molecular complexity index is 2720. The van der Waals surface area contributed by atoms with Crippen LogP contribution in [0.5, 0.6) is 11.5 Å². The lowest BCUT2D eigenvalue weighted by Crippen LogP contribution is -2.09. The van der Waals surface area contributed by atoms with Crippen molar-refractivity contribution in [1.82, 2.24) is 0 Å². The molecule has 4 nitrogen and oxygen atoms in total. The predicted octanol–water partition coefficient (Wildman–Crippen LogP) is 15.8. The average molecular weight is 829 g/mol. The van der Waals surface area contributed by atoms with Gasteiger partial charge in [0.2, 0.25) is 0 Å². The quantitative estimate of drug-likeness (QED) is 0.102. The second-order valence-electron chi connectivity index (χ2n) is 15.3. The van der Waals surface area contributed by atoms with Crippen molar-refractivity contribution in [2.45, 2.75) is 0 Å². The van der Waals surface area contributed by atoms with E-state index in [0.29, 0.717) is 0 Å². The summed E-state index contributed by atoms with van der Waals surface area (Å²) in [6.07, 6.45) is 4.57. The molecule has 0 aliphatic rings. The van der Waals surface area contributed by atoms with Gasteiger partial charge in [-0.15, -0.1) is 0 Å². The van der Waals surface area contributed by atoms with Gasteiger partial charge < -0.3 is 19.3 Å². The molecule has 0 bridgehead atoms. The number of nitrogens with zero attached hydrogens (tertiary/aromatic N) is 2. The summed E-state index contributed by atoms with van der Waals surface area (Å²) in [4.78, 5) is 4.52. The van der Waals surface area contributed by atoms with Crippen LogP contribution in [0.15, 0.2) is 243 Å². The molecule has 0 saturated carbocycles. The van der Waals surface area contributed by atoms with Crippen LogP contribution in [0.1, 0.15) is 33.4 Å². The minimum Gasteiger partial charge on any atom is -0.497 e. The van der Waals surface area contributed by atoms with Gasteiger partial charge in [0.15, 0.2) is 0 Å². The molecule has 9 aromatic carbocycles. The van der Waals surface area contributed by atoms with Crippen molar-refractivity contribution < 1.29 is 9.47 Å². The third kappa shape index (κ3) is 9.42. The van der Waals surface area contributed by atoms with Crippen LogP contribution in [0.25, 0.3) is 23.3 Å². The molecule has 0 fully saturated rings. The Kier molecular flexibility index (Phi) is 12.6. The Morgan fingerprint density at radius 3 is 0.828 bits per heavy atom. The molecule has 0 atom stereocenters. The van der Waals surface area contributed by atoms with Crippen LogP contribution < -0.4 is 19.3 Å². The van der Waals surface area contributed by atoms with E-state index < -0.39 is 0 Å². The molecule has 0 radical (unpaired) electrons. The molecule has 9 rings (SSSR count). The van der Waals surface area contributed by atoms with Crippen molar-refractivity contribution in [1.29, 1.82) is 0 Å². The van der Waals surface area contributed by atoms with Crippen LogP contribution in [-0.2, 0) is 0 Å². The summed E-state index contributed by atoms with van der Waals surface area (Å²) in [6, 6.07) is 85.1. The van der Waals surface area contributed by atoms with Crippen LogP contribution in [0.2, 0.25) is 0 Å². The van der Waals surface area contributed by atoms with E-state index in [-0.39, 0.29) is 0 Å². The van der Waals surface area contributed by atoms with Crippen LogP contribution in [-0.4, -0.2) is 14.2 Å². The van der Waals surface area contributed by atoms with Crippen molar-refractivity contribution in [2.75, 3.05) is 24.0 Å². The Morgan fingerprint density at radius 2 is 0.531 bits per heavy atom. The van der Waals surface area contributed by atoms with Crippen LogP contribution in [0, 0.1) is 0 Å². The van der Waals surface area contributed by atoms with E-state index in [1.165, 1.54) is 0 Å². The highest BCUT2D eigenvalue weighted by Gasteiger charge is 2.15. The van der Waals surface area contributed by atoms with Crippen molar-refractivity contribution in [3.8, 4) is 11.5 Å². The lowest BCUT2D eigenvalue weighted by Gasteiger charge is -2.25. The van der Waals surface area contributed by atoms with Gasteiger partial charge in [0, 0.05) is 34.1 Å². The lowest BCUT2D eigenvalue weighted by molar-refractivity contribution is 0.414. The van der Waals surface area contributed by atoms with Crippen LogP contribution in [0.3, 0.4) is 0 Å². The topological polar surface area (TPSA) is 24.9 Å². The monoisotopic (exact) mass is 828 g/mol. The molecule has 0 aliphatic heterocycles. The van der Waals surface area contributed by atoms with Gasteiger partial charge in [-0.2, -0.15) is 0 Å². The summed E-state index contributed by atoms with van der Waals surface area (Å²) in [7, 11) is 3.39. The number of ether oxygens (including phenoxy) is 2. The highest BCUT2D eigenvalue weighted by molar-refractivity contribution is 5.95. The van der Waals surface area contributed by atoms with E-state index in [4.69, 9.17) is 9.47 Å². The van der Waals surface area contributed by atoms with E-state index in [1.807, 2.05) is 36.4 Å². The second kappa shape index (κ2) is 19.6. The van der Waals surface area contributed by atoms with Crippen molar-refractivity contribution in [3.63, 3.8) is 0 Å². The first-order valence-electron chi connectivity index (χ1n) is 21.5. The number of hydrogen-bond acceptors (Lipinski definition) is 4. The molecular formula is C60H48N2O2. The summed E-state index contributed by atoms with van der Waals surface area (Å²) in [5.74, 6) is 1.66. The van der Waals surface area contributed by atoms with Gasteiger partial charge in [0.25, 0.3) is 0 Å². The molecule has 9 aromatic rings. The summed E-state index contributed by atoms with van der Waals surface area (Å²) >= 11 is 0. The zero-order valence-electron chi connectivity index (χ0n) is 36.0. The number of para-hydroxylation sites is 2. The van der Waals surface area contributed by atoms with E-state index in [9.17, 15) is 0 Å². The summed E-state index contributed by atoms with van der Waals surface area (Å²) in [6.45, 7) is 0. The fourth-order valence-electron chi connectivity index (χ4n) is 8.02. The molecule has 0 spiro atoms. The van der Waals surface area contributed by atoms with Gasteiger partial charge in [-0.05, 0) is 154 Å². The molecule has 4 heteroatoms. The fraction of sp³-hybridized carbons (Fsp3) is 0.0333. The van der Waals surface area contributed by atoms with E-state index >= 15 is 0 Å². The molecule has 0 N–H and O–H groups in total. The van der Waals surface area contributed by atoms with E-state index in [1.54, 1.807) is 14.2 Å². The Balaban J connectivity index is 1.04. The Hall–Kier alpha value is -8.34. The maximum atomic E-state index is 5.46. The molecule has 0 unspecified atom stereocenters. The first-order chi connectivity index (χ1) is 31.6. The van der Waals surface area contributed by atoms with Crippen molar-refractivity contribution in [2.24, 2.45) is 0 Å². The molecule has 310 valence electrons. The fourth-order valence-corrected chi connectivity index (χ4v) is 8.02. The Morgan fingerprint density at radius 1 is 0.281 bits per heavy atom. The average Bonchev–Trinajstić information content (AvgIpc) is 3.37. The van der Waals surface area contributed by atoms with Crippen LogP contribution in [0.4, 0.5) is 34.1 Å². The Labute approximate surface area is 376 Å². The van der Waals surface area contributed by atoms with E-state index in [2.05, 4.69) is 228 Å². The van der Waals surface area contributed by atoms with Crippen molar-refractivity contribution in [3.05, 3.63) is 276 Å². The van der Waals surface area contributed by atoms with Gasteiger partial charge in [-0.25, -0.2) is 0 Å². The molecule has 0 heterocycles. The van der Waals surface area contributed by atoms with Gasteiger partial charge in [-0.1, -0.05) is 146 Å². The summed E-state index contributed by atoms with van der Waals surface area (Å²) in [5, 5.41) is 0. The number of hydrogen-bond donors (Lipinski definition) is 0. The third-order valence-corrected chi connectivity index (χ3v) is 11.3. The number of benzene rings is 9. The normalized spacial score (nSPS) is 11.5. The maximum absolute atomic E-state index is 5.46. The zero-order chi connectivity index (χ0) is 43.5. The summed E-state index contributed by atoms with van der Waals surface area (Å²) < 4.78 is 10.9. The van der Waals surface area contributed by atoms with Crippen LogP contribution >= 0.6 is 0 Å². The first-order valence-corrected chi connectivity index (χ1v) is 21.5. The number of anilines is 6. The number of rotatable bonds is 14. The molecule has 0 aliphatic carbocycles. The van der Waals surface area contributed by atoms with E-state index in [0.717, 1.165) is 90.2 Å². The third-order valence-electron chi connectivity index (χ3n) is 11.3. The largest absolute Gasteiger partial charge is 0.497 e. The minimum atomic E-state index is 0.828. The molecule has 64 heavy (non-hydrogen) atoms. The smallest absolute Gasteiger partial charge is 0.119 e. The van der Waals surface area contributed by atoms with Gasteiger partial charge >= 0.3 is 0 Å². The van der Waals surface area contributed by atoms with Gasteiger partial charge in [-0.3, -0.25) is 0 Å². The van der Waals surface area contributed by atoms with Gasteiger partial charge in [0.1, 0.15) is 11.5 Å². The second-order valence-corrected chi connectivity index (χ2v) is 15.3. The SMILES string of the molecule is COc1ccc(N(c2ccccc2)c2ccc(C=C(c3ccccc3)c3ccc(C(=Cc4ccc(N(c5ccccc5)c5ccc(OC)cc5)cc4)c4ccccc4)cc3)cc2)cc1. The minimum absolute atomic E-state index is 0.828. The molecular weight excluding hydrogens is 781 g/mol. The highest BCUT2D eigenvalue weighted by Crippen LogP contribution is 2.38. The standard InChI is InChI=1S/C60H48N2O2/c1-63-57-39-35-55(36-40-57)61(51-19-11-5-12-20-51)53-31-23-45(24-32-53)43-59(47-15-7-3-8-16-47)49-27-29-50(30-28-49)60(48-17-9-4-10-18-48)44-46-25-33-54(34-26-46)62(52-21-13-6-14-22-52)56-37-41-58(64-2)42-38-56/h3-44H,1-2H3. The van der Waals surface area contributed by atoms with Gasteiger partial charge in [0.05, 0.1) is 14.2 Å².